The summed E-state index contributed by atoms with van der Waals surface area (Å²) < 4.78 is 0. The lowest BCUT2D eigenvalue weighted by Gasteiger charge is -2.14. The van der Waals surface area contributed by atoms with E-state index in [9.17, 15) is 28.8 Å². The fraction of sp³-hybridized carbons (Fsp3) is 0.261. The van der Waals surface area contributed by atoms with Crippen LogP contribution in [0.2, 0.25) is 0 Å². The zero-order valence-corrected chi connectivity index (χ0v) is 20.7. The number of aromatic nitrogens is 4. The Balaban J connectivity index is 0.000000472. The Morgan fingerprint density at radius 2 is 1.70 bits per heavy atom. The minimum Gasteiger partial charge on any atom is -0.481 e. The molecule has 210 valence electrons. The first kappa shape index (κ1) is 29.1. The van der Waals surface area contributed by atoms with E-state index in [-0.39, 0.29) is 60.0 Å². The van der Waals surface area contributed by atoms with Gasteiger partial charge in [0.1, 0.15) is 6.04 Å². The Morgan fingerprint density at radius 1 is 1.05 bits per heavy atom. The van der Waals surface area contributed by atoms with Crippen molar-refractivity contribution in [1.29, 1.82) is 0 Å². The maximum atomic E-state index is 12.3. The van der Waals surface area contributed by atoms with E-state index < -0.39 is 41.3 Å². The van der Waals surface area contributed by atoms with E-state index in [2.05, 4.69) is 30.6 Å². The molecule has 0 bridgehead atoms. The SMILES string of the molecule is Nc1nc2ncc(CNc3ccc(C(=O)N[C@@H](CCC(=O)O)C(=O)O)cc3)nc2c(=O)[nH]1.O=C1CCC(=O)N1O. The standard InChI is InChI=1S/C19H19N7O6.C4H5NO3/c20-19-25-15-14(17(30)26-19)23-11(8-22-15)7-21-10-3-1-9(2-4-10)16(29)24-12(18(31)32)5-6-13(27)28;6-3-1-2-4(7)5(3)8/h1-4,8,12,21H,5-7H2,(H,24,29)(H,27,28)(H,31,32)(H3,20,22,25,26,30);8H,1-2H2/t12-;/m0./s1. The quantitative estimate of drug-likeness (QED) is 0.129. The van der Waals surface area contributed by atoms with Crippen molar-refractivity contribution >= 4 is 52.5 Å². The van der Waals surface area contributed by atoms with Crippen molar-refractivity contribution in [2.75, 3.05) is 11.1 Å². The largest absolute Gasteiger partial charge is 0.481 e. The number of carbonyl (C=O) groups is 5. The second-order valence-electron chi connectivity index (χ2n) is 8.31. The molecule has 3 amide bonds. The summed E-state index contributed by atoms with van der Waals surface area (Å²) in [5.41, 5.74) is 6.47. The maximum Gasteiger partial charge on any atom is 0.326 e. The van der Waals surface area contributed by atoms with Crippen molar-refractivity contribution < 1.29 is 39.4 Å². The number of carboxylic acid groups (broad SMARTS) is 2. The van der Waals surface area contributed by atoms with Crippen LogP contribution in [0.4, 0.5) is 11.6 Å². The topological polar surface area (TPSA) is 271 Å². The number of imide groups is 1. The number of hydroxylamine groups is 2. The molecule has 0 spiro atoms. The number of fused-ring (bicyclic) bond motifs is 1. The van der Waals surface area contributed by atoms with Gasteiger partial charge >= 0.3 is 11.9 Å². The average molecular weight is 556 g/mol. The summed E-state index contributed by atoms with van der Waals surface area (Å²) in [5, 5.41) is 31.8. The Bertz CT molecular complexity index is 1490. The monoisotopic (exact) mass is 556 g/mol. The molecule has 1 atom stereocenters. The molecule has 17 nitrogen and oxygen atoms in total. The molecule has 0 unspecified atom stereocenters. The van der Waals surface area contributed by atoms with E-state index in [4.69, 9.17) is 21.2 Å². The van der Waals surface area contributed by atoms with Gasteiger partial charge in [-0.3, -0.25) is 34.2 Å². The molecule has 3 aromatic rings. The summed E-state index contributed by atoms with van der Waals surface area (Å²) >= 11 is 0. The van der Waals surface area contributed by atoms with Crippen LogP contribution in [0.3, 0.4) is 0 Å². The van der Waals surface area contributed by atoms with Crippen LogP contribution < -0.4 is 21.9 Å². The lowest BCUT2D eigenvalue weighted by Crippen LogP contribution is -2.41. The lowest BCUT2D eigenvalue weighted by molar-refractivity contribution is -0.171. The number of rotatable bonds is 9. The van der Waals surface area contributed by atoms with Crippen LogP contribution in [0.25, 0.3) is 11.2 Å². The van der Waals surface area contributed by atoms with Crippen LogP contribution in [-0.4, -0.2) is 76.1 Å². The van der Waals surface area contributed by atoms with Crippen molar-refractivity contribution in [3.63, 3.8) is 0 Å². The molecule has 4 rings (SSSR count). The van der Waals surface area contributed by atoms with Crippen molar-refractivity contribution in [2.24, 2.45) is 0 Å². The number of H-pyrrole nitrogens is 1. The zero-order chi connectivity index (χ0) is 29.4. The van der Waals surface area contributed by atoms with Gasteiger partial charge < -0.3 is 26.6 Å². The van der Waals surface area contributed by atoms with Gasteiger partial charge in [0.25, 0.3) is 23.3 Å². The molecule has 8 N–H and O–H groups in total. The number of carbonyl (C=O) groups excluding carboxylic acids is 3. The summed E-state index contributed by atoms with van der Waals surface area (Å²) in [6.45, 7) is 0.231. The smallest absolute Gasteiger partial charge is 0.326 e. The minimum absolute atomic E-state index is 0.0524. The number of anilines is 2. The van der Waals surface area contributed by atoms with E-state index in [0.717, 1.165) is 0 Å². The van der Waals surface area contributed by atoms with E-state index in [1.54, 1.807) is 12.1 Å². The molecule has 1 fully saturated rings. The highest BCUT2D eigenvalue weighted by Crippen LogP contribution is 2.12. The van der Waals surface area contributed by atoms with Crippen LogP contribution in [0, 0.1) is 0 Å². The molecule has 0 saturated carbocycles. The Morgan fingerprint density at radius 3 is 2.25 bits per heavy atom. The molecule has 0 aliphatic carbocycles. The number of amides is 3. The Kier molecular flexibility index (Phi) is 9.37. The normalized spacial score (nSPS) is 13.4. The van der Waals surface area contributed by atoms with Gasteiger partial charge in [0.15, 0.2) is 11.2 Å². The molecule has 0 radical (unpaired) electrons. The van der Waals surface area contributed by atoms with Crippen molar-refractivity contribution in [2.45, 2.75) is 38.3 Å². The molecule has 1 saturated heterocycles. The Labute approximate surface area is 224 Å². The highest BCUT2D eigenvalue weighted by molar-refractivity contribution is 6.00. The summed E-state index contributed by atoms with van der Waals surface area (Å²) in [6.07, 6.45) is 1.14. The highest BCUT2D eigenvalue weighted by atomic mass is 16.5. The van der Waals surface area contributed by atoms with Gasteiger partial charge in [-0.05, 0) is 30.7 Å². The average Bonchev–Trinajstić information content (AvgIpc) is 3.21. The second-order valence-corrected chi connectivity index (χ2v) is 8.31. The summed E-state index contributed by atoms with van der Waals surface area (Å²) in [7, 11) is 0. The van der Waals surface area contributed by atoms with Crippen LogP contribution in [0.5, 0.6) is 0 Å². The minimum atomic E-state index is -1.31. The first-order valence-corrected chi connectivity index (χ1v) is 11.6. The molecule has 1 aliphatic rings. The number of hydrogen-bond acceptors (Lipinski definition) is 12. The molecular formula is C23H24N8O9. The van der Waals surface area contributed by atoms with Gasteiger partial charge in [-0.25, -0.2) is 14.8 Å². The van der Waals surface area contributed by atoms with Crippen LogP contribution in [0.1, 0.15) is 41.7 Å². The van der Waals surface area contributed by atoms with Gasteiger partial charge in [-0.15, -0.1) is 0 Å². The van der Waals surface area contributed by atoms with Gasteiger partial charge in [-0.1, -0.05) is 0 Å². The van der Waals surface area contributed by atoms with Crippen LogP contribution in [-0.2, 0) is 25.7 Å². The second kappa shape index (κ2) is 12.9. The number of benzene rings is 1. The summed E-state index contributed by atoms with van der Waals surface area (Å²) in [5.74, 6) is -4.16. The van der Waals surface area contributed by atoms with Crippen LogP contribution in [0.15, 0.2) is 35.3 Å². The van der Waals surface area contributed by atoms with E-state index in [0.29, 0.717) is 11.4 Å². The fourth-order valence-corrected chi connectivity index (χ4v) is 3.32. The van der Waals surface area contributed by atoms with Gasteiger partial charge in [0.2, 0.25) is 5.95 Å². The van der Waals surface area contributed by atoms with Gasteiger partial charge in [-0.2, -0.15) is 10.0 Å². The molecular weight excluding hydrogens is 532 g/mol. The number of hydrogen-bond donors (Lipinski definition) is 7. The molecule has 40 heavy (non-hydrogen) atoms. The summed E-state index contributed by atoms with van der Waals surface area (Å²) in [6, 6.07) is 4.86. The molecule has 1 aliphatic heterocycles. The van der Waals surface area contributed by atoms with Crippen molar-refractivity contribution in [1.82, 2.24) is 30.3 Å². The Hall–Kier alpha value is -5.45. The predicted octanol–water partition coefficient (Wildman–Crippen LogP) is -0.520. The number of carboxylic acids is 2. The number of aromatic amines is 1. The maximum absolute atomic E-state index is 12.3. The molecule has 2 aromatic heterocycles. The third-order valence-corrected chi connectivity index (χ3v) is 5.38. The van der Waals surface area contributed by atoms with Crippen LogP contribution >= 0.6 is 0 Å². The number of nitrogens with one attached hydrogen (secondary N) is 3. The first-order valence-electron chi connectivity index (χ1n) is 11.6. The third-order valence-electron chi connectivity index (χ3n) is 5.38. The molecule has 17 heteroatoms. The number of nitrogen functional groups attached to an aromatic ring is 1. The third kappa shape index (κ3) is 7.78. The fourth-order valence-electron chi connectivity index (χ4n) is 3.32. The predicted molar refractivity (Wildman–Crippen MR) is 135 cm³/mol. The number of nitrogens with zero attached hydrogens (tertiary/aromatic N) is 4. The highest BCUT2D eigenvalue weighted by Gasteiger charge is 2.26. The van der Waals surface area contributed by atoms with Crippen molar-refractivity contribution in [3.05, 3.63) is 52.1 Å². The number of nitrogens with two attached hydrogens (primary N) is 1. The lowest BCUT2D eigenvalue weighted by atomic mass is 10.1. The first-order chi connectivity index (χ1) is 18.9. The van der Waals surface area contributed by atoms with E-state index >= 15 is 0 Å². The molecule has 3 heterocycles. The molecule has 1 aromatic carbocycles. The van der Waals surface area contributed by atoms with E-state index in [1.165, 1.54) is 18.3 Å². The number of aliphatic carboxylic acids is 2. The van der Waals surface area contributed by atoms with Gasteiger partial charge in [0, 0.05) is 30.5 Å². The van der Waals surface area contributed by atoms with Crippen molar-refractivity contribution in [3.8, 4) is 0 Å². The zero-order valence-electron chi connectivity index (χ0n) is 20.7. The summed E-state index contributed by atoms with van der Waals surface area (Å²) in [4.78, 5) is 81.0. The van der Waals surface area contributed by atoms with Gasteiger partial charge in [0.05, 0.1) is 18.4 Å². The van der Waals surface area contributed by atoms with E-state index in [1.807, 2.05) is 0 Å².